The molecule has 0 radical (unpaired) electrons. The molecule has 0 unspecified atom stereocenters. The van der Waals surface area contributed by atoms with Crippen LogP contribution in [0.15, 0.2) is 65.5 Å². The summed E-state index contributed by atoms with van der Waals surface area (Å²) in [5.74, 6) is -3.54. The van der Waals surface area contributed by atoms with Gasteiger partial charge in [0.1, 0.15) is 18.2 Å². The number of nitrogens with one attached hydrogen (secondary N) is 3. The number of benzene rings is 2. The molecule has 2 aromatic heterocycles. The number of hydrogen-bond acceptors (Lipinski definition) is 11. The lowest BCUT2D eigenvalue weighted by Gasteiger charge is -2.14. The summed E-state index contributed by atoms with van der Waals surface area (Å²) in [6.07, 6.45) is 1.89. The van der Waals surface area contributed by atoms with Gasteiger partial charge in [0.05, 0.1) is 39.2 Å². The van der Waals surface area contributed by atoms with Gasteiger partial charge in [0, 0.05) is 29.9 Å². The van der Waals surface area contributed by atoms with Crippen molar-refractivity contribution in [3.63, 3.8) is 0 Å². The number of hydrogen-bond donors (Lipinski definition) is 5. The zero-order valence-corrected chi connectivity index (χ0v) is 26.5. The molecular weight excluding hydrogens is 645 g/mol. The lowest BCUT2D eigenvalue weighted by atomic mass is 9.98. The molecule has 7 N–H and O–H groups in total. The van der Waals surface area contributed by atoms with E-state index < -0.39 is 49.6 Å². The van der Waals surface area contributed by atoms with Crippen molar-refractivity contribution in [3.05, 3.63) is 83.0 Å². The Bertz CT molecular complexity index is 1860. The number of sulfonamides is 1. The van der Waals surface area contributed by atoms with Gasteiger partial charge < -0.3 is 21.5 Å². The summed E-state index contributed by atoms with van der Waals surface area (Å²) >= 11 is 1.25. The smallest absolute Gasteiger partial charge is 0.411 e. The first-order chi connectivity index (χ1) is 21.7. The maximum absolute atomic E-state index is 16.1. The third-order valence-corrected chi connectivity index (χ3v) is 9.01. The highest BCUT2D eigenvalue weighted by Gasteiger charge is 2.28. The van der Waals surface area contributed by atoms with E-state index >= 15 is 4.39 Å². The van der Waals surface area contributed by atoms with Crippen LogP contribution in [-0.2, 0) is 20.2 Å². The van der Waals surface area contributed by atoms with Crippen LogP contribution in [0.25, 0.3) is 21.8 Å². The first-order valence-corrected chi connectivity index (χ1v) is 15.9. The molecule has 0 saturated carbocycles. The average molecular weight is 677 g/mol. The number of nitrogens with zero attached hydrogens (tertiary/aromatic N) is 3. The zero-order chi connectivity index (χ0) is 33.6. The largest absolute Gasteiger partial charge is 0.448 e. The molecule has 0 aliphatic heterocycles. The number of carbonyl (C=O) groups excluding carboxylic acids is 1. The Morgan fingerprint density at radius 1 is 1.07 bits per heavy atom. The predicted molar refractivity (Wildman–Crippen MR) is 169 cm³/mol. The summed E-state index contributed by atoms with van der Waals surface area (Å²) in [6.45, 7) is 5.95. The van der Waals surface area contributed by atoms with Crippen molar-refractivity contribution in [2.45, 2.75) is 31.1 Å². The van der Waals surface area contributed by atoms with Crippen molar-refractivity contribution in [1.82, 2.24) is 20.3 Å². The summed E-state index contributed by atoms with van der Waals surface area (Å²) < 4.78 is 77.3. The van der Waals surface area contributed by atoms with E-state index in [-0.39, 0.29) is 42.6 Å². The van der Waals surface area contributed by atoms with Crippen LogP contribution in [-0.4, -0.2) is 49.2 Å². The quantitative estimate of drug-likeness (QED) is 0.149. The second-order valence-electron chi connectivity index (χ2n) is 10.6. The highest BCUT2D eigenvalue weighted by Crippen LogP contribution is 2.42. The van der Waals surface area contributed by atoms with Gasteiger partial charge in [-0.2, -0.15) is 0 Å². The molecule has 1 amide bonds. The number of anilines is 2. The number of rotatable bonds is 11. The Hall–Kier alpha value is -4.74. The number of aromatic nitrogens is 3. The Morgan fingerprint density at radius 2 is 1.76 bits per heavy atom. The first kappa shape index (κ1) is 34.1. The molecule has 2 aromatic carbocycles. The van der Waals surface area contributed by atoms with E-state index in [2.05, 4.69) is 20.6 Å². The normalized spacial score (nSPS) is 12.1. The van der Waals surface area contributed by atoms with Crippen LogP contribution in [0.4, 0.5) is 29.6 Å². The van der Waals surface area contributed by atoms with Crippen molar-refractivity contribution in [3.8, 4) is 21.8 Å². The predicted octanol–water partition coefficient (Wildman–Crippen LogP) is 4.68. The number of nitrogens with two attached hydrogens (primary N) is 2. The second kappa shape index (κ2) is 14.1. The van der Waals surface area contributed by atoms with E-state index in [4.69, 9.17) is 21.2 Å². The van der Waals surface area contributed by atoms with Gasteiger partial charge in [-0.25, -0.2) is 41.3 Å². The molecule has 4 aromatic rings. The summed E-state index contributed by atoms with van der Waals surface area (Å²) in [7, 11) is -4.85. The van der Waals surface area contributed by atoms with Crippen molar-refractivity contribution < 1.29 is 31.1 Å². The maximum Gasteiger partial charge on any atom is 0.411 e. The van der Waals surface area contributed by atoms with E-state index in [1.807, 2.05) is 25.5 Å². The number of ether oxygens (including phenoxy) is 1. The molecule has 0 saturated heterocycles. The van der Waals surface area contributed by atoms with Gasteiger partial charge in [-0.1, -0.05) is 32.9 Å². The van der Waals surface area contributed by atoms with Crippen LogP contribution >= 0.6 is 11.3 Å². The Morgan fingerprint density at radius 3 is 2.41 bits per heavy atom. The molecule has 0 spiro atoms. The van der Waals surface area contributed by atoms with Gasteiger partial charge >= 0.3 is 6.09 Å². The van der Waals surface area contributed by atoms with Gasteiger partial charge in [0.2, 0.25) is 5.95 Å². The summed E-state index contributed by atoms with van der Waals surface area (Å²) in [5.41, 5.74) is 10.6. The number of amides is 1. The van der Waals surface area contributed by atoms with Gasteiger partial charge in [-0.15, -0.1) is 11.3 Å². The third-order valence-electron chi connectivity index (χ3n) is 6.09. The van der Waals surface area contributed by atoms with Crippen molar-refractivity contribution in [2.75, 3.05) is 29.7 Å². The molecule has 0 aliphatic rings. The average Bonchev–Trinajstić information content (AvgIpc) is 3.45. The van der Waals surface area contributed by atoms with E-state index in [0.29, 0.717) is 15.6 Å². The molecule has 2 heterocycles. The highest BCUT2D eigenvalue weighted by atomic mass is 32.2. The maximum atomic E-state index is 16.1. The molecule has 0 aliphatic carbocycles. The molecule has 244 valence electrons. The lowest BCUT2D eigenvalue weighted by Crippen LogP contribution is -2.30. The number of halogens is 3. The number of thiazole rings is 1. The molecule has 17 heteroatoms. The monoisotopic (exact) mass is 676 g/mol. The minimum Gasteiger partial charge on any atom is -0.448 e. The summed E-state index contributed by atoms with van der Waals surface area (Å²) in [5, 5.41) is 6.04. The minimum absolute atomic E-state index is 0.0138. The van der Waals surface area contributed by atoms with Crippen molar-refractivity contribution in [1.29, 1.82) is 0 Å². The fourth-order valence-electron chi connectivity index (χ4n) is 3.93. The van der Waals surface area contributed by atoms with E-state index in [9.17, 15) is 22.0 Å². The lowest BCUT2D eigenvalue weighted by molar-refractivity contribution is 0.152. The summed E-state index contributed by atoms with van der Waals surface area (Å²) in [4.78, 5) is 24.5. The molecule has 12 nitrogen and oxygen atoms in total. The fraction of sp³-hybridized carbons (Fsp3) is 0.241. The van der Waals surface area contributed by atoms with E-state index in [1.54, 1.807) is 6.07 Å². The van der Waals surface area contributed by atoms with Gasteiger partial charge in [-0.3, -0.25) is 10.0 Å². The molecule has 0 atom stereocenters. The standard InChI is InChI=1S/C29H31F3N8O4S2/c1-29(2,3)26-39-23(17-6-4-9-20(22(17)32)40-46(42,43)25-18(30)7-5-8-19(25)31)24(45-26)21-10-12-35-27(38-21)36-15-16(14-34)37-28(41)44-13-11-33/h4-10,12,14,40H,11,13,15,33-34H2,1-3H3,(H,37,41)(H,35,36,38)/b16-14-. The van der Waals surface area contributed by atoms with Crippen LogP contribution in [0.1, 0.15) is 25.8 Å². The fourth-order valence-corrected chi connectivity index (χ4v) is 6.24. The highest BCUT2D eigenvalue weighted by molar-refractivity contribution is 7.92. The Labute approximate surface area is 267 Å². The molecule has 46 heavy (non-hydrogen) atoms. The minimum atomic E-state index is -4.85. The van der Waals surface area contributed by atoms with Gasteiger partial charge in [0.15, 0.2) is 10.7 Å². The van der Waals surface area contributed by atoms with Crippen molar-refractivity contribution in [2.24, 2.45) is 11.5 Å². The number of carbonyl (C=O) groups is 1. The van der Waals surface area contributed by atoms with Gasteiger partial charge in [-0.05, 0) is 30.3 Å². The Kier molecular flexibility index (Phi) is 10.5. The van der Waals surface area contributed by atoms with E-state index in [1.165, 1.54) is 35.9 Å². The second-order valence-corrected chi connectivity index (χ2v) is 13.2. The van der Waals surface area contributed by atoms with Crippen LogP contribution < -0.4 is 26.8 Å². The molecule has 4 rings (SSSR count). The van der Waals surface area contributed by atoms with Crippen LogP contribution in [0.3, 0.4) is 0 Å². The molecule has 0 fully saturated rings. The SMILES string of the molecule is CC(C)(C)c1nc(-c2cccc(NS(=O)(=O)c3c(F)cccc3F)c2F)c(-c2ccnc(NC/C(=C/N)NC(=O)OCCN)n2)s1. The topological polar surface area (TPSA) is 187 Å². The number of alkyl carbamates (subject to hydrolysis) is 1. The van der Waals surface area contributed by atoms with Gasteiger partial charge in [0.25, 0.3) is 10.0 Å². The molecular formula is C29H31F3N8O4S2. The van der Waals surface area contributed by atoms with Crippen LogP contribution in [0.2, 0.25) is 0 Å². The third kappa shape index (κ3) is 7.91. The molecule has 0 bridgehead atoms. The van der Waals surface area contributed by atoms with E-state index in [0.717, 1.165) is 24.3 Å². The van der Waals surface area contributed by atoms with Crippen LogP contribution in [0.5, 0.6) is 0 Å². The van der Waals surface area contributed by atoms with Crippen LogP contribution in [0, 0.1) is 17.5 Å². The first-order valence-electron chi connectivity index (χ1n) is 13.6. The summed E-state index contributed by atoms with van der Waals surface area (Å²) in [6, 6.07) is 8.07. The van der Waals surface area contributed by atoms with Crippen molar-refractivity contribution >= 4 is 39.1 Å². The zero-order valence-electron chi connectivity index (χ0n) is 24.9. The Balaban J connectivity index is 1.69.